The molecular weight excluding hydrogens is 258 g/mol. The van der Waals surface area contributed by atoms with Crippen molar-refractivity contribution in [2.75, 3.05) is 6.61 Å². The summed E-state index contributed by atoms with van der Waals surface area (Å²) >= 11 is -1.57. The van der Waals surface area contributed by atoms with E-state index in [1.807, 2.05) is 0 Å². The Morgan fingerprint density at radius 1 is 0.917 bits per heavy atom. The molecule has 0 aliphatic rings. The van der Waals surface area contributed by atoms with Gasteiger partial charge in [-0.25, -0.2) is 0 Å². The summed E-state index contributed by atoms with van der Waals surface area (Å²) in [6.07, 6.45) is 0. The summed E-state index contributed by atoms with van der Waals surface area (Å²) in [5, 5.41) is 0. The molecule has 0 amide bonds. The molecule has 0 saturated carbocycles. The zero-order valence-corrected chi connectivity index (χ0v) is 12.1. The molecule has 0 N–H and O–H groups in total. The van der Waals surface area contributed by atoms with Crippen LogP contribution in [0.15, 0.2) is 0 Å². The van der Waals surface area contributed by atoms with Gasteiger partial charge in [0, 0.05) is 0 Å². The predicted molar refractivity (Wildman–Crippen MR) is 56.8 cm³/mol. The van der Waals surface area contributed by atoms with Crippen molar-refractivity contribution in [2.45, 2.75) is 55.2 Å². The second-order valence-corrected chi connectivity index (χ2v) is 15.1. The van der Waals surface area contributed by atoms with Crippen LogP contribution in [-0.2, 0) is 3.02 Å². The number of hydrogen-bond donors (Lipinski definition) is 0. The monoisotopic (exact) mass is 280 g/mol. The first-order valence-corrected chi connectivity index (χ1v) is 8.22. The number of rotatable bonds is 2. The Labute approximate surface area is 85.4 Å². The van der Waals surface area contributed by atoms with Crippen molar-refractivity contribution >= 4 is 20.6 Å². The van der Waals surface area contributed by atoms with E-state index >= 15 is 0 Å². The third-order valence-corrected chi connectivity index (χ3v) is 9.91. The Morgan fingerprint density at radius 2 is 1.25 bits per heavy atom. The van der Waals surface area contributed by atoms with E-state index in [2.05, 4.69) is 48.5 Å². The van der Waals surface area contributed by atoms with Gasteiger partial charge in [-0.2, -0.15) is 0 Å². The molecule has 0 atom stereocenters. The number of hydrogen-bond acceptors (Lipinski definition) is 1. The van der Waals surface area contributed by atoms with E-state index in [1.165, 1.54) is 0 Å². The van der Waals surface area contributed by atoms with Crippen LogP contribution in [0.25, 0.3) is 0 Å². The average molecular weight is 281 g/mol. The summed E-state index contributed by atoms with van der Waals surface area (Å²) in [6, 6.07) is 0. The average Bonchev–Trinajstić information content (AvgIpc) is 1.77. The molecule has 74 valence electrons. The summed E-state index contributed by atoms with van der Waals surface area (Å²) in [4.78, 5) is 0. The SMILES string of the molecule is CC[O][Sb]([C](C)(C)C)[C](C)(C)C. The third kappa shape index (κ3) is 4.14. The second-order valence-electron chi connectivity index (χ2n) is 5.05. The molecule has 0 aromatic rings. The fourth-order valence-electron chi connectivity index (χ4n) is 1.52. The van der Waals surface area contributed by atoms with E-state index in [0.29, 0.717) is 6.72 Å². The van der Waals surface area contributed by atoms with E-state index < -0.39 is 20.6 Å². The zero-order chi connectivity index (χ0) is 9.99. The normalized spacial score (nSPS) is 14.0. The molecule has 0 aliphatic heterocycles. The van der Waals surface area contributed by atoms with Gasteiger partial charge in [0.05, 0.1) is 0 Å². The van der Waals surface area contributed by atoms with Gasteiger partial charge >= 0.3 is 85.4 Å². The summed E-state index contributed by atoms with van der Waals surface area (Å²) < 4.78 is 6.78. The molecule has 0 radical (unpaired) electrons. The van der Waals surface area contributed by atoms with Crippen molar-refractivity contribution in [3.8, 4) is 0 Å². The summed E-state index contributed by atoms with van der Waals surface area (Å²) in [5.41, 5.74) is 0. The molecule has 0 heterocycles. The molecule has 0 rings (SSSR count). The van der Waals surface area contributed by atoms with Crippen LogP contribution in [0.3, 0.4) is 0 Å². The van der Waals surface area contributed by atoms with Gasteiger partial charge in [0.25, 0.3) is 0 Å². The van der Waals surface area contributed by atoms with Crippen LogP contribution in [-0.4, -0.2) is 27.2 Å². The topological polar surface area (TPSA) is 9.23 Å². The van der Waals surface area contributed by atoms with Crippen LogP contribution in [0.2, 0.25) is 6.72 Å². The summed E-state index contributed by atoms with van der Waals surface area (Å²) in [6.45, 7) is 16.9. The molecule has 0 saturated heterocycles. The van der Waals surface area contributed by atoms with Crippen LogP contribution < -0.4 is 0 Å². The Bertz CT molecular complexity index is 116. The van der Waals surface area contributed by atoms with Crippen LogP contribution in [0.5, 0.6) is 0 Å². The van der Waals surface area contributed by atoms with Gasteiger partial charge in [-0.05, 0) is 0 Å². The molecule has 0 bridgehead atoms. The van der Waals surface area contributed by atoms with Crippen molar-refractivity contribution in [2.24, 2.45) is 0 Å². The second kappa shape index (κ2) is 4.33. The molecule has 0 aromatic heterocycles. The molecule has 0 fully saturated rings. The van der Waals surface area contributed by atoms with Crippen LogP contribution >= 0.6 is 0 Å². The van der Waals surface area contributed by atoms with Gasteiger partial charge in [-0.1, -0.05) is 0 Å². The maximum absolute atomic E-state index is 5.95. The Morgan fingerprint density at radius 3 is 1.33 bits per heavy atom. The van der Waals surface area contributed by atoms with Crippen LogP contribution in [0.4, 0.5) is 0 Å². The Hall–Kier alpha value is 0.778. The first-order valence-electron chi connectivity index (χ1n) is 4.63. The maximum atomic E-state index is 5.95. The Balaban J connectivity index is 4.45. The third-order valence-electron chi connectivity index (χ3n) is 1.48. The molecule has 2 heteroatoms. The van der Waals surface area contributed by atoms with Gasteiger partial charge in [-0.3, -0.25) is 0 Å². The molecular formula is C10H23OSb. The van der Waals surface area contributed by atoms with Crippen molar-refractivity contribution < 1.29 is 3.02 Å². The molecule has 0 spiro atoms. The van der Waals surface area contributed by atoms with Crippen molar-refractivity contribution in [1.82, 2.24) is 0 Å². The fourth-order valence-corrected chi connectivity index (χ4v) is 10.2. The first-order chi connectivity index (χ1) is 5.19. The fraction of sp³-hybridized carbons (Fsp3) is 1.00. The quantitative estimate of drug-likeness (QED) is 0.702. The standard InChI is InChI=1S/2C4H9.C2H5O.Sb/c2*1-4(2)3;1-2-3;/h2*1-3H3;2H2,1H3;/q;;-1;+1. The molecule has 0 unspecified atom stereocenters. The first kappa shape index (κ1) is 12.8. The zero-order valence-electron chi connectivity index (χ0n) is 9.56. The van der Waals surface area contributed by atoms with Crippen LogP contribution in [0.1, 0.15) is 48.5 Å². The van der Waals surface area contributed by atoms with Crippen LogP contribution in [0, 0.1) is 0 Å². The molecule has 0 aliphatic carbocycles. The minimum atomic E-state index is -1.57. The van der Waals surface area contributed by atoms with Crippen molar-refractivity contribution in [3.05, 3.63) is 0 Å². The van der Waals surface area contributed by atoms with Gasteiger partial charge in [0.15, 0.2) is 0 Å². The van der Waals surface area contributed by atoms with E-state index in [9.17, 15) is 0 Å². The van der Waals surface area contributed by atoms with E-state index in [0.717, 1.165) is 6.61 Å². The van der Waals surface area contributed by atoms with Gasteiger partial charge in [-0.15, -0.1) is 0 Å². The van der Waals surface area contributed by atoms with Gasteiger partial charge in [0.2, 0.25) is 0 Å². The summed E-state index contributed by atoms with van der Waals surface area (Å²) in [5.74, 6) is 0. The van der Waals surface area contributed by atoms with E-state index in [1.54, 1.807) is 0 Å². The minimum absolute atomic E-state index is 0.414. The Kier molecular flexibility index (Phi) is 4.61. The van der Waals surface area contributed by atoms with Crippen molar-refractivity contribution in [1.29, 1.82) is 0 Å². The van der Waals surface area contributed by atoms with E-state index in [-0.39, 0.29) is 0 Å². The molecule has 1 nitrogen and oxygen atoms in total. The summed E-state index contributed by atoms with van der Waals surface area (Å²) in [7, 11) is 0. The molecule has 12 heavy (non-hydrogen) atoms. The molecule has 0 aromatic carbocycles. The predicted octanol–water partition coefficient (Wildman–Crippen LogP) is 3.61. The van der Waals surface area contributed by atoms with Gasteiger partial charge in [0.1, 0.15) is 0 Å². The van der Waals surface area contributed by atoms with Gasteiger partial charge < -0.3 is 0 Å². The van der Waals surface area contributed by atoms with Crippen molar-refractivity contribution in [3.63, 3.8) is 0 Å². The van der Waals surface area contributed by atoms with E-state index in [4.69, 9.17) is 3.02 Å².